The third kappa shape index (κ3) is 5.87. The molecule has 0 atom stereocenters. The van der Waals surface area contributed by atoms with E-state index in [0.29, 0.717) is 0 Å². The van der Waals surface area contributed by atoms with Crippen molar-refractivity contribution in [3.8, 4) is 17.2 Å². The lowest BCUT2D eigenvalue weighted by Crippen LogP contribution is -2.15. The van der Waals surface area contributed by atoms with Crippen LogP contribution in [0.4, 0.5) is 0 Å². The molecule has 0 saturated carbocycles. The SMILES string of the molecule is CCOC(=O)c1cc(OC(=O)CC)c(OC(=O)CC)c(OC(=O)CC)c1. The summed E-state index contributed by atoms with van der Waals surface area (Å²) in [6, 6.07) is 2.40. The van der Waals surface area contributed by atoms with Crippen LogP contribution in [0.15, 0.2) is 12.1 Å². The number of hydrogen-bond acceptors (Lipinski definition) is 8. The van der Waals surface area contributed by atoms with Gasteiger partial charge in [-0.25, -0.2) is 4.79 Å². The molecule has 0 amide bonds. The fraction of sp³-hybridized carbons (Fsp3) is 0.444. The molecule has 0 heterocycles. The average Bonchev–Trinajstić information content (AvgIpc) is 2.63. The van der Waals surface area contributed by atoms with Gasteiger partial charge in [-0.3, -0.25) is 14.4 Å². The first kappa shape index (κ1) is 21.1. The Morgan fingerprint density at radius 1 is 0.731 bits per heavy atom. The van der Waals surface area contributed by atoms with E-state index in [0.717, 1.165) is 0 Å². The van der Waals surface area contributed by atoms with Crippen molar-refractivity contribution in [3.63, 3.8) is 0 Å². The molecule has 0 unspecified atom stereocenters. The Balaban J connectivity index is 3.50. The molecule has 0 radical (unpaired) electrons. The highest BCUT2D eigenvalue weighted by atomic mass is 16.6. The van der Waals surface area contributed by atoms with Crippen LogP contribution < -0.4 is 14.2 Å². The summed E-state index contributed by atoms with van der Waals surface area (Å²) in [5.41, 5.74) is -0.0130. The second-order valence-electron chi connectivity index (χ2n) is 5.00. The van der Waals surface area contributed by atoms with Crippen molar-refractivity contribution in [1.29, 1.82) is 0 Å². The molecule has 142 valence electrons. The zero-order valence-electron chi connectivity index (χ0n) is 15.2. The van der Waals surface area contributed by atoms with Gasteiger partial charge < -0.3 is 18.9 Å². The van der Waals surface area contributed by atoms with E-state index in [-0.39, 0.29) is 48.7 Å². The minimum atomic E-state index is -0.705. The van der Waals surface area contributed by atoms with Gasteiger partial charge in [-0.1, -0.05) is 20.8 Å². The van der Waals surface area contributed by atoms with Gasteiger partial charge in [-0.2, -0.15) is 0 Å². The number of rotatable bonds is 8. The monoisotopic (exact) mass is 366 g/mol. The lowest BCUT2D eigenvalue weighted by Gasteiger charge is -2.15. The second kappa shape index (κ2) is 10.2. The minimum Gasteiger partial charge on any atom is -0.462 e. The maximum Gasteiger partial charge on any atom is 0.338 e. The van der Waals surface area contributed by atoms with Gasteiger partial charge >= 0.3 is 23.9 Å². The molecule has 26 heavy (non-hydrogen) atoms. The normalized spacial score (nSPS) is 10.0. The third-order valence-electron chi connectivity index (χ3n) is 3.06. The highest BCUT2D eigenvalue weighted by Gasteiger charge is 2.24. The van der Waals surface area contributed by atoms with Crippen LogP contribution in [0, 0.1) is 0 Å². The number of ether oxygens (including phenoxy) is 4. The summed E-state index contributed by atoms with van der Waals surface area (Å²) in [5.74, 6) is -3.22. The zero-order chi connectivity index (χ0) is 19.7. The van der Waals surface area contributed by atoms with E-state index in [1.165, 1.54) is 12.1 Å². The van der Waals surface area contributed by atoms with Crippen LogP contribution in [0.2, 0.25) is 0 Å². The van der Waals surface area contributed by atoms with E-state index in [2.05, 4.69) is 0 Å². The van der Waals surface area contributed by atoms with Crippen LogP contribution in [0.3, 0.4) is 0 Å². The van der Waals surface area contributed by atoms with Crippen molar-refractivity contribution in [2.45, 2.75) is 47.0 Å². The molecule has 0 aromatic heterocycles. The van der Waals surface area contributed by atoms with Crippen LogP contribution in [0.25, 0.3) is 0 Å². The predicted octanol–water partition coefficient (Wildman–Crippen LogP) is 2.81. The first-order chi connectivity index (χ1) is 12.4. The largest absolute Gasteiger partial charge is 0.462 e. The number of benzene rings is 1. The van der Waals surface area contributed by atoms with Crippen molar-refractivity contribution in [2.24, 2.45) is 0 Å². The topological polar surface area (TPSA) is 105 Å². The van der Waals surface area contributed by atoms with Crippen LogP contribution in [-0.4, -0.2) is 30.5 Å². The first-order valence-corrected chi connectivity index (χ1v) is 8.33. The molecule has 0 N–H and O–H groups in total. The Kier molecular flexibility index (Phi) is 8.27. The molecule has 0 aliphatic rings. The van der Waals surface area contributed by atoms with Crippen LogP contribution in [-0.2, 0) is 19.1 Å². The van der Waals surface area contributed by atoms with E-state index in [1.54, 1.807) is 27.7 Å². The lowest BCUT2D eigenvalue weighted by molar-refractivity contribution is -0.137. The quantitative estimate of drug-likeness (QED) is 0.511. The molecule has 0 aliphatic heterocycles. The summed E-state index contributed by atoms with van der Waals surface area (Å²) >= 11 is 0. The van der Waals surface area contributed by atoms with Gasteiger partial charge in [0.15, 0.2) is 11.5 Å². The minimum absolute atomic E-state index is 0.0130. The van der Waals surface area contributed by atoms with Crippen molar-refractivity contribution in [3.05, 3.63) is 17.7 Å². The van der Waals surface area contributed by atoms with Crippen molar-refractivity contribution >= 4 is 23.9 Å². The molecule has 0 saturated heterocycles. The van der Waals surface area contributed by atoms with Crippen LogP contribution in [0.5, 0.6) is 17.2 Å². The molecular formula is C18H22O8. The Morgan fingerprint density at radius 3 is 1.54 bits per heavy atom. The third-order valence-corrected chi connectivity index (χ3v) is 3.06. The number of carbonyl (C=O) groups excluding carboxylic acids is 4. The molecule has 1 rings (SSSR count). The van der Waals surface area contributed by atoms with Gasteiger partial charge in [-0.05, 0) is 19.1 Å². The lowest BCUT2D eigenvalue weighted by atomic mass is 10.1. The fourth-order valence-electron chi connectivity index (χ4n) is 1.74. The summed E-state index contributed by atoms with van der Waals surface area (Å²) < 4.78 is 20.4. The highest BCUT2D eigenvalue weighted by Crippen LogP contribution is 2.40. The second-order valence-corrected chi connectivity index (χ2v) is 5.00. The summed E-state index contributed by atoms with van der Waals surface area (Å²) in [4.78, 5) is 47.2. The smallest absolute Gasteiger partial charge is 0.338 e. The Labute approximate surface area is 151 Å². The van der Waals surface area contributed by atoms with Crippen molar-refractivity contribution < 1.29 is 38.1 Å². The first-order valence-electron chi connectivity index (χ1n) is 8.33. The van der Waals surface area contributed by atoms with E-state index in [1.807, 2.05) is 0 Å². The molecule has 1 aromatic carbocycles. The van der Waals surface area contributed by atoms with E-state index in [9.17, 15) is 19.2 Å². The maximum atomic E-state index is 12.0. The molecule has 1 aromatic rings. The summed E-state index contributed by atoms with van der Waals surface area (Å²) in [6.07, 6.45) is 0.145. The average molecular weight is 366 g/mol. The standard InChI is InChI=1S/C18H22O8/c1-5-14(19)24-12-9-11(18(22)23-8-4)10-13(25-15(20)6-2)17(12)26-16(21)7-3/h9-10H,5-8H2,1-4H3. The molecular weight excluding hydrogens is 344 g/mol. The number of hydrogen-bond donors (Lipinski definition) is 0. The Bertz CT molecular complexity index is 653. The van der Waals surface area contributed by atoms with Crippen LogP contribution in [0.1, 0.15) is 57.3 Å². The Hall–Kier alpha value is -2.90. The van der Waals surface area contributed by atoms with Crippen molar-refractivity contribution in [1.82, 2.24) is 0 Å². The zero-order valence-corrected chi connectivity index (χ0v) is 15.2. The molecule has 8 heteroatoms. The van der Waals surface area contributed by atoms with Gasteiger partial charge in [-0.15, -0.1) is 0 Å². The maximum absolute atomic E-state index is 12.0. The van der Waals surface area contributed by atoms with Gasteiger partial charge in [0.05, 0.1) is 12.2 Å². The molecule has 0 spiro atoms. The van der Waals surface area contributed by atoms with Gasteiger partial charge in [0.25, 0.3) is 0 Å². The summed E-state index contributed by atoms with van der Waals surface area (Å²) in [5, 5.41) is 0. The van der Waals surface area contributed by atoms with E-state index >= 15 is 0 Å². The van der Waals surface area contributed by atoms with Crippen LogP contribution >= 0.6 is 0 Å². The highest BCUT2D eigenvalue weighted by molar-refractivity contribution is 5.92. The van der Waals surface area contributed by atoms with Gasteiger partial charge in [0.2, 0.25) is 5.75 Å². The predicted molar refractivity (Wildman–Crippen MR) is 90.2 cm³/mol. The molecule has 8 nitrogen and oxygen atoms in total. The van der Waals surface area contributed by atoms with Gasteiger partial charge in [0.1, 0.15) is 0 Å². The Morgan fingerprint density at radius 2 is 1.15 bits per heavy atom. The van der Waals surface area contributed by atoms with E-state index in [4.69, 9.17) is 18.9 Å². The van der Waals surface area contributed by atoms with E-state index < -0.39 is 23.9 Å². The van der Waals surface area contributed by atoms with Gasteiger partial charge in [0, 0.05) is 19.3 Å². The fourth-order valence-corrected chi connectivity index (χ4v) is 1.74. The number of carbonyl (C=O) groups is 4. The summed E-state index contributed by atoms with van der Waals surface area (Å²) in [6.45, 7) is 6.48. The molecule has 0 bridgehead atoms. The summed E-state index contributed by atoms with van der Waals surface area (Å²) in [7, 11) is 0. The van der Waals surface area contributed by atoms with Crippen molar-refractivity contribution in [2.75, 3.05) is 6.61 Å². The number of esters is 4. The molecule has 0 fully saturated rings. The molecule has 0 aliphatic carbocycles.